The van der Waals surface area contributed by atoms with Gasteiger partial charge in [0.2, 0.25) is 0 Å². The molecule has 0 aromatic heterocycles. The molecule has 0 fully saturated rings. The van der Waals surface area contributed by atoms with Crippen LogP contribution < -0.4 is 0 Å². The molecule has 0 N–H and O–H groups in total. The summed E-state index contributed by atoms with van der Waals surface area (Å²) < 4.78 is 5.12. The molecule has 28 heavy (non-hydrogen) atoms. The van der Waals surface area contributed by atoms with Gasteiger partial charge in [-0.15, -0.1) is 0 Å². The smallest absolute Gasteiger partial charge is 0.311 e. The van der Waals surface area contributed by atoms with Crippen LogP contribution in [0.4, 0.5) is 0 Å². The number of ether oxygens (including phenoxy) is 1. The number of allylic oxidation sites excluding steroid dienone is 10. The van der Waals surface area contributed by atoms with Gasteiger partial charge in [0, 0.05) is 0 Å². The summed E-state index contributed by atoms with van der Waals surface area (Å²) >= 11 is 0. The third kappa shape index (κ3) is 16.4. The largest absolute Gasteiger partial charge is 0.466 e. The summed E-state index contributed by atoms with van der Waals surface area (Å²) in [6.45, 7) is 8.42. The van der Waals surface area contributed by atoms with Gasteiger partial charge in [0.15, 0.2) is 0 Å². The molecule has 0 saturated heterocycles. The Morgan fingerprint density at radius 1 is 0.714 bits per heavy atom. The minimum Gasteiger partial charge on any atom is -0.466 e. The Bertz CT molecular complexity index is 519. The first-order valence-electron chi connectivity index (χ1n) is 11.0. The lowest BCUT2D eigenvalue weighted by molar-refractivity contribution is -0.153. The lowest BCUT2D eigenvalue weighted by Crippen LogP contribution is -2.26. The molecule has 0 aromatic rings. The fourth-order valence-corrected chi connectivity index (χ4v) is 2.63. The average Bonchev–Trinajstić information content (AvgIpc) is 2.67. The molecule has 0 aliphatic rings. The molecule has 2 heteroatoms. The van der Waals surface area contributed by atoms with E-state index in [1.54, 1.807) is 0 Å². The standard InChI is InChI=1S/C26H42O2/c1-5-7-8-9-10-11-12-13-14-15-16-17-18-19-20-21-22-23-24-26(3,4)25(27)28-6-2/h7-8,10-11,13-14,16-17,19-20H,5-6,9,12,15,18,21-24H2,1-4H3/b8-7-,11-10-,14-13-,17-16-,20-19-. The minimum atomic E-state index is -0.363. The highest BCUT2D eigenvalue weighted by Gasteiger charge is 2.28. The normalized spacial score (nSPS) is 13.1. The molecule has 0 aromatic carbocycles. The van der Waals surface area contributed by atoms with Crippen LogP contribution in [0.25, 0.3) is 0 Å². The van der Waals surface area contributed by atoms with Crippen LogP contribution >= 0.6 is 0 Å². The van der Waals surface area contributed by atoms with Crippen LogP contribution in [0, 0.1) is 5.41 Å². The van der Waals surface area contributed by atoms with Crippen molar-refractivity contribution in [2.45, 2.75) is 85.5 Å². The Morgan fingerprint density at radius 2 is 1.18 bits per heavy atom. The zero-order valence-electron chi connectivity index (χ0n) is 18.7. The SMILES string of the molecule is CC/C=C\C/C=C\C/C=C\C/C=C\C/C=C\CCCCC(C)(C)C(=O)OCC. The fourth-order valence-electron chi connectivity index (χ4n) is 2.63. The molecule has 0 atom stereocenters. The second-order valence-electron chi connectivity index (χ2n) is 7.56. The molecule has 0 amide bonds. The van der Waals surface area contributed by atoms with E-state index in [1.165, 1.54) is 0 Å². The monoisotopic (exact) mass is 386 g/mol. The van der Waals surface area contributed by atoms with Crippen molar-refractivity contribution < 1.29 is 9.53 Å². The first-order chi connectivity index (χ1) is 13.5. The molecule has 0 unspecified atom stereocenters. The van der Waals surface area contributed by atoms with Crippen molar-refractivity contribution in [2.75, 3.05) is 6.61 Å². The molecule has 0 spiro atoms. The molecule has 0 aliphatic heterocycles. The highest BCUT2D eigenvalue weighted by Crippen LogP contribution is 2.25. The van der Waals surface area contributed by atoms with E-state index in [0.717, 1.165) is 57.8 Å². The Labute approximate surface area is 174 Å². The number of hydrogen-bond donors (Lipinski definition) is 0. The van der Waals surface area contributed by atoms with E-state index in [4.69, 9.17) is 4.74 Å². The maximum absolute atomic E-state index is 11.8. The molecule has 158 valence electrons. The lowest BCUT2D eigenvalue weighted by Gasteiger charge is -2.21. The average molecular weight is 387 g/mol. The quantitative estimate of drug-likeness (QED) is 0.153. The first-order valence-corrected chi connectivity index (χ1v) is 11.0. The van der Waals surface area contributed by atoms with Crippen molar-refractivity contribution in [3.05, 3.63) is 60.8 Å². The first kappa shape index (κ1) is 26.2. The Hall–Kier alpha value is -1.83. The van der Waals surface area contributed by atoms with Crippen molar-refractivity contribution in [3.8, 4) is 0 Å². The van der Waals surface area contributed by atoms with Crippen molar-refractivity contribution in [1.29, 1.82) is 0 Å². The second kappa shape index (κ2) is 18.5. The predicted molar refractivity (Wildman–Crippen MR) is 123 cm³/mol. The van der Waals surface area contributed by atoms with Crippen LogP contribution in [0.5, 0.6) is 0 Å². The van der Waals surface area contributed by atoms with Crippen LogP contribution in [0.15, 0.2) is 60.8 Å². The Morgan fingerprint density at radius 3 is 1.64 bits per heavy atom. The number of carbonyl (C=O) groups is 1. The second-order valence-corrected chi connectivity index (χ2v) is 7.56. The summed E-state index contributed by atoms with van der Waals surface area (Å²) in [5.41, 5.74) is -0.363. The zero-order valence-corrected chi connectivity index (χ0v) is 18.7. The van der Waals surface area contributed by atoms with Crippen molar-refractivity contribution >= 4 is 5.97 Å². The molecule has 0 bridgehead atoms. The van der Waals surface area contributed by atoms with Gasteiger partial charge >= 0.3 is 5.97 Å². The molecular weight excluding hydrogens is 344 g/mol. The Balaban J connectivity index is 3.65. The van der Waals surface area contributed by atoms with Crippen molar-refractivity contribution in [2.24, 2.45) is 5.41 Å². The van der Waals surface area contributed by atoms with Gasteiger partial charge in [0.25, 0.3) is 0 Å². The van der Waals surface area contributed by atoms with Crippen LogP contribution in [0.1, 0.15) is 85.5 Å². The summed E-state index contributed by atoms with van der Waals surface area (Å²) in [6.07, 6.45) is 31.5. The van der Waals surface area contributed by atoms with Gasteiger partial charge in [-0.3, -0.25) is 4.79 Å². The van der Waals surface area contributed by atoms with Gasteiger partial charge in [-0.05, 0) is 72.1 Å². The van der Waals surface area contributed by atoms with E-state index in [-0.39, 0.29) is 11.4 Å². The number of rotatable bonds is 16. The summed E-state index contributed by atoms with van der Waals surface area (Å²) in [5, 5.41) is 0. The maximum atomic E-state index is 11.8. The van der Waals surface area contributed by atoms with E-state index in [9.17, 15) is 4.79 Å². The van der Waals surface area contributed by atoms with E-state index >= 15 is 0 Å². The van der Waals surface area contributed by atoms with E-state index in [2.05, 4.69) is 67.7 Å². The van der Waals surface area contributed by atoms with E-state index in [0.29, 0.717) is 6.61 Å². The molecule has 0 rings (SSSR count). The van der Waals surface area contributed by atoms with Gasteiger partial charge < -0.3 is 4.74 Å². The molecule has 0 saturated carbocycles. The highest BCUT2D eigenvalue weighted by atomic mass is 16.5. The van der Waals surface area contributed by atoms with Gasteiger partial charge in [-0.1, -0.05) is 74.1 Å². The molecule has 2 nitrogen and oxygen atoms in total. The summed E-state index contributed by atoms with van der Waals surface area (Å²) in [4.78, 5) is 11.8. The van der Waals surface area contributed by atoms with E-state index < -0.39 is 0 Å². The molecule has 0 radical (unpaired) electrons. The Kier molecular flexibility index (Phi) is 17.3. The van der Waals surface area contributed by atoms with Gasteiger partial charge in [0.1, 0.15) is 0 Å². The summed E-state index contributed by atoms with van der Waals surface area (Å²) in [6, 6.07) is 0. The van der Waals surface area contributed by atoms with Crippen LogP contribution in [0.3, 0.4) is 0 Å². The predicted octanol–water partition coefficient (Wildman–Crippen LogP) is 7.89. The summed E-state index contributed by atoms with van der Waals surface area (Å²) in [7, 11) is 0. The van der Waals surface area contributed by atoms with Gasteiger partial charge in [-0.25, -0.2) is 0 Å². The zero-order chi connectivity index (χ0) is 20.9. The highest BCUT2D eigenvalue weighted by molar-refractivity contribution is 5.75. The fraction of sp³-hybridized carbons (Fsp3) is 0.577. The van der Waals surface area contributed by atoms with Crippen LogP contribution in [0.2, 0.25) is 0 Å². The van der Waals surface area contributed by atoms with Crippen LogP contribution in [-0.2, 0) is 9.53 Å². The molecule has 0 aliphatic carbocycles. The van der Waals surface area contributed by atoms with E-state index in [1.807, 2.05) is 20.8 Å². The third-order valence-corrected chi connectivity index (χ3v) is 4.41. The number of unbranched alkanes of at least 4 members (excludes halogenated alkanes) is 2. The molecular formula is C26H42O2. The minimum absolute atomic E-state index is 0.0788. The van der Waals surface area contributed by atoms with Crippen molar-refractivity contribution in [1.82, 2.24) is 0 Å². The number of hydrogen-bond acceptors (Lipinski definition) is 2. The van der Waals surface area contributed by atoms with Gasteiger partial charge in [0.05, 0.1) is 12.0 Å². The van der Waals surface area contributed by atoms with Crippen molar-refractivity contribution in [3.63, 3.8) is 0 Å². The number of esters is 1. The third-order valence-electron chi connectivity index (χ3n) is 4.41. The lowest BCUT2D eigenvalue weighted by atomic mass is 9.87. The maximum Gasteiger partial charge on any atom is 0.311 e. The van der Waals surface area contributed by atoms with Crippen LogP contribution in [-0.4, -0.2) is 12.6 Å². The summed E-state index contributed by atoms with van der Waals surface area (Å²) in [5.74, 6) is -0.0788. The number of carbonyl (C=O) groups excluding carboxylic acids is 1. The molecule has 0 heterocycles. The topological polar surface area (TPSA) is 26.3 Å². The van der Waals surface area contributed by atoms with Gasteiger partial charge in [-0.2, -0.15) is 0 Å².